The van der Waals surface area contributed by atoms with Crippen LogP contribution in [0.25, 0.3) is 0 Å². The molecule has 0 aromatic carbocycles. The minimum atomic E-state index is -1.38. The van der Waals surface area contributed by atoms with Crippen molar-refractivity contribution in [1.29, 1.82) is 0 Å². The molecule has 216 valence electrons. The largest absolute Gasteiger partial charge is 0.477 e. The maximum atomic E-state index is 13.2. The number of nitrogens with zero attached hydrogens (tertiary/aromatic N) is 6. The van der Waals surface area contributed by atoms with E-state index in [1.165, 1.54) is 18.8 Å². The Hall–Kier alpha value is -3.84. The zero-order valence-corrected chi connectivity index (χ0v) is 22.9. The van der Waals surface area contributed by atoms with E-state index in [9.17, 15) is 23.9 Å². The Morgan fingerprint density at radius 1 is 1.27 bits per heavy atom. The van der Waals surface area contributed by atoms with Crippen LogP contribution < -0.4 is 27.9 Å². The predicted molar refractivity (Wildman–Crippen MR) is 146 cm³/mol. The van der Waals surface area contributed by atoms with Crippen molar-refractivity contribution >= 4 is 63.5 Å². The third-order valence-electron chi connectivity index (χ3n) is 6.35. The molecule has 2 unspecified atom stereocenters. The Balaban J connectivity index is 1.57. The number of carbonyl (C=O) groups excluding carboxylic acids is 2. The molecule has 1 saturated carbocycles. The quantitative estimate of drug-likeness (QED) is 0.0798. The summed E-state index contributed by atoms with van der Waals surface area (Å²) in [5.41, 5.74) is 20.0. The number of oxime groups is 1. The number of carboxylic acids is 1. The number of nitrogen functional groups attached to an aromatic ring is 1. The summed E-state index contributed by atoms with van der Waals surface area (Å²) in [5.74, 6) is -3.08. The first-order valence-electron chi connectivity index (χ1n) is 12.1. The number of nitrogens with two attached hydrogens (primary N) is 3. The number of carboxylic acid groups (broad SMARTS) is 1. The molecule has 1 aliphatic carbocycles. The summed E-state index contributed by atoms with van der Waals surface area (Å²) in [6, 6.07) is -1.08. The average molecular weight is 598 g/mol. The molecular weight excluding hydrogens is 569 g/mol. The van der Waals surface area contributed by atoms with E-state index in [1.807, 2.05) is 0 Å². The van der Waals surface area contributed by atoms with E-state index in [0.29, 0.717) is 0 Å². The topological polar surface area (TPSA) is 249 Å². The number of hydrazone groups is 1. The van der Waals surface area contributed by atoms with Crippen LogP contribution in [-0.4, -0.2) is 97.6 Å². The van der Waals surface area contributed by atoms with Gasteiger partial charge in [0.05, 0.1) is 6.04 Å². The van der Waals surface area contributed by atoms with Gasteiger partial charge in [0, 0.05) is 35.9 Å². The highest BCUT2D eigenvalue weighted by Gasteiger charge is 2.55. The smallest absolute Gasteiger partial charge is 0.353 e. The van der Waals surface area contributed by atoms with Crippen LogP contribution in [0.1, 0.15) is 31.5 Å². The highest BCUT2D eigenvalue weighted by Crippen LogP contribution is 2.41. The molecule has 0 radical (unpaired) electrons. The molecule has 3 aliphatic rings. The number of hydrogen-bond donors (Lipinski definition) is 6. The molecule has 1 aromatic heterocycles. The van der Waals surface area contributed by atoms with Crippen molar-refractivity contribution in [3.05, 3.63) is 17.1 Å². The standard InChI is InChI=1S/C21H28FN11O5S2/c1-26-30-11(15(24)27-9-4-2-8(23)3-5-9)10-6-39-19-13(18(35)33(19)14(10)20(36)37)28-17(34)12(31-38-7-22)16-29-21(25)40-32-16/h8-9,13,19,26H,2-7,23H2,1H3,(H2,24,27)(H,28,34)(H,36,37)(H2,25,29,32). The number of aliphatic carboxylic acids is 1. The molecule has 2 fully saturated rings. The van der Waals surface area contributed by atoms with Crippen LogP contribution in [0.2, 0.25) is 0 Å². The molecule has 16 nitrogen and oxygen atoms in total. The Morgan fingerprint density at radius 3 is 2.60 bits per heavy atom. The maximum Gasteiger partial charge on any atom is 0.353 e. The molecule has 9 N–H and O–H groups in total. The molecule has 4 rings (SSSR count). The molecule has 40 heavy (non-hydrogen) atoms. The van der Waals surface area contributed by atoms with Crippen molar-refractivity contribution in [2.75, 3.05) is 25.4 Å². The van der Waals surface area contributed by atoms with Crippen LogP contribution in [0.5, 0.6) is 0 Å². The normalized spacial score (nSPS) is 25.7. The Kier molecular flexibility index (Phi) is 9.15. The Labute approximate surface area is 235 Å². The summed E-state index contributed by atoms with van der Waals surface area (Å²) in [6.07, 6.45) is 3.09. The highest BCUT2D eigenvalue weighted by molar-refractivity contribution is 8.00. The van der Waals surface area contributed by atoms with Crippen LogP contribution in [0.4, 0.5) is 9.52 Å². The molecular formula is C21H28FN11O5S2. The van der Waals surface area contributed by atoms with Crippen molar-refractivity contribution in [3.8, 4) is 0 Å². The van der Waals surface area contributed by atoms with Crippen molar-refractivity contribution < 1.29 is 28.7 Å². The number of halogens is 1. The summed E-state index contributed by atoms with van der Waals surface area (Å²) in [5, 5.41) is 19.4. The number of amidine groups is 1. The van der Waals surface area contributed by atoms with Crippen LogP contribution in [0.3, 0.4) is 0 Å². The summed E-state index contributed by atoms with van der Waals surface area (Å²) in [6.45, 7) is -1.32. The molecule has 2 atom stereocenters. The Morgan fingerprint density at radius 2 is 2.00 bits per heavy atom. The van der Waals surface area contributed by atoms with Crippen LogP contribution in [-0.2, 0) is 19.2 Å². The lowest BCUT2D eigenvalue weighted by Crippen LogP contribution is -2.71. The third kappa shape index (κ3) is 5.99. The monoisotopic (exact) mass is 597 g/mol. The molecule has 1 aromatic rings. The van der Waals surface area contributed by atoms with Gasteiger partial charge in [-0.25, -0.2) is 9.18 Å². The van der Waals surface area contributed by atoms with Gasteiger partial charge in [-0.3, -0.25) is 19.5 Å². The van der Waals surface area contributed by atoms with Gasteiger partial charge in [-0.05, 0) is 25.7 Å². The van der Waals surface area contributed by atoms with Crippen molar-refractivity contribution in [1.82, 2.24) is 25.0 Å². The van der Waals surface area contributed by atoms with Crippen LogP contribution in [0.15, 0.2) is 26.5 Å². The van der Waals surface area contributed by atoms with E-state index < -0.39 is 41.8 Å². The van der Waals surface area contributed by atoms with Crippen molar-refractivity contribution in [3.63, 3.8) is 0 Å². The number of carbonyl (C=O) groups is 3. The van der Waals surface area contributed by atoms with Crippen LogP contribution in [0, 0.1) is 0 Å². The first-order chi connectivity index (χ1) is 19.2. The number of rotatable bonds is 10. The van der Waals surface area contributed by atoms with Crippen molar-refractivity contribution in [2.45, 2.75) is 49.2 Å². The molecule has 19 heteroatoms. The molecule has 0 bridgehead atoms. The van der Waals surface area contributed by atoms with E-state index in [-0.39, 0.29) is 51.6 Å². The summed E-state index contributed by atoms with van der Waals surface area (Å²) >= 11 is 1.98. The summed E-state index contributed by atoms with van der Waals surface area (Å²) < 4.78 is 16.4. The van der Waals surface area contributed by atoms with Gasteiger partial charge in [-0.1, -0.05) is 5.16 Å². The first kappa shape index (κ1) is 29.2. The third-order valence-corrected chi connectivity index (χ3v) is 8.17. The fraction of sp³-hybridized carbons (Fsp3) is 0.524. The second kappa shape index (κ2) is 12.6. The lowest BCUT2D eigenvalue weighted by molar-refractivity contribution is -0.150. The second-order valence-electron chi connectivity index (χ2n) is 8.89. The summed E-state index contributed by atoms with van der Waals surface area (Å²) in [4.78, 5) is 52.3. The van der Waals surface area contributed by atoms with Gasteiger partial charge in [-0.15, -0.1) is 11.8 Å². The van der Waals surface area contributed by atoms with Gasteiger partial charge in [0.15, 0.2) is 5.13 Å². The number of thioether (sulfide) groups is 1. The van der Waals surface area contributed by atoms with E-state index in [4.69, 9.17) is 17.2 Å². The second-order valence-corrected chi connectivity index (χ2v) is 10.8. The molecule has 1 saturated heterocycles. The van der Waals surface area contributed by atoms with Gasteiger partial charge >= 0.3 is 5.97 Å². The number of alkyl halides is 1. The number of fused-ring (bicyclic) bond motifs is 1. The van der Waals surface area contributed by atoms with Crippen LogP contribution >= 0.6 is 23.3 Å². The minimum Gasteiger partial charge on any atom is -0.477 e. The average Bonchev–Trinajstić information content (AvgIpc) is 3.36. The van der Waals surface area contributed by atoms with E-state index in [1.54, 1.807) is 0 Å². The van der Waals surface area contributed by atoms with E-state index in [2.05, 4.69) is 40.2 Å². The fourth-order valence-corrected chi connectivity index (χ4v) is 6.27. The number of β-lactam (4-membered cyclic amide) rings is 1. The Bertz CT molecular complexity index is 1290. The molecule has 3 heterocycles. The van der Waals surface area contributed by atoms with Gasteiger partial charge in [0.2, 0.25) is 11.5 Å². The van der Waals surface area contributed by atoms with Gasteiger partial charge in [0.1, 0.15) is 28.7 Å². The van der Waals surface area contributed by atoms with E-state index >= 15 is 0 Å². The number of aromatic nitrogens is 2. The maximum absolute atomic E-state index is 13.2. The molecule has 0 spiro atoms. The number of aliphatic imine (C=N–C) groups is 1. The first-order valence-corrected chi connectivity index (χ1v) is 13.9. The SMILES string of the molecule is CNN=C(C(N)=NC1CCC(N)CC1)C1=C(C(=O)O)N2C(=O)C(NC(=O)C(=NOCF)c3nsc(N)n3)C2SC1. The highest BCUT2D eigenvalue weighted by atomic mass is 32.2. The van der Waals surface area contributed by atoms with E-state index in [0.717, 1.165) is 42.1 Å². The number of amides is 2. The number of anilines is 1. The lowest BCUT2D eigenvalue weighted by Gasteiger charge is -2.49. The van der Waals surface area contributed by atoms with Crippen molar-refractivity contribution in [2.24, 2.45) is 26.7 Å². The fourth-order valence-electron chi connectivity index (χ4n) is 4.49. The predicted octanol–water partition coefficient (Wildman–Crippen LogP) is -1.29. The minimum absolute atomic E-state index is 0.0298. The molecule has 2 aliphatic heterocycles. The van der Waals surface area contributed by atoms with Gasteiger partial charge < -0.3 is 37.9 Å². The zero-order chi connectivity index (χ0) is 29.0. The number of nitrogens with one attached hydrogen (secondary N) is 2. The number of hydrogen-bond acceptors (Lipinski definition) is 14. The summed E-state index contributed by atoms with van der Waals surface area (Å²) in [7, 11) is 1.53. The molecule has 2 amide bonds. The lowest BCUT2D eigenvalue weighted by atomic mass is 9.92. The van der Waals surface area contributed by atoms with Gasteiger partial charge in [-0.2, -0.15) is 14.5 Å². The zero-order valence-electron chi connectivity index (χ0n) is 21.2. The van der Waals surface area contributed by atoms with Gasteiger partial charge in [0.25, 0.3) is 18.7 Å².